The highest BCUT2D eigenvalue weighted by molar-refractivity contribution is 7.91. The van der Waals surface area contributed by atoms with Gasteiger partial charge in [0, 0.05) is 30.4 Å². The maximum absolute atomic E-state index is 13.4. The Labute approximate surface area is 152 Å². The zero-order valence-corrected chi connectivity index (χ0v) is 15.9. The predicted octanol–water partition coefficient (Wildman–Crippen LogP) is 2.53. The van der Waals surface area contributed by atoms with Gasteiger partial charge in [-0.15, -0.1) is 11.3 Å². The summed E-state index contributed by atoms with van der Waals surface area (Å²) in [6, 6.07) is 3.92. The van der Waals surface area contributed by atoms with Crippen molar-refractivity contribution in [1.29, 1.82) is 0 Å². The number of thiophene rings is 1. The van der Waals surface area contributed by atoms with Gasteiger partial charge in [-0.1, -0.05) is 6.92 Å². The Morgan fingerprint density at radius 2 is 2.00 bits per heavy atom. The Morgan fingerprint density at radius 1 is 1.24 bits per heavy atom. The molecule has 1 amide bonds. The third-order valence-corrected chi connectivity index (χ3v) is 8.17. The predicted molar refractivity (Wildman–Crippen MR) is 99.4 cm³/mol. The van der Waals surface area contributed by atoms with Crippen molar-refractivity contribution >= 4 is 27.1 Å². The molecule has 1 fully saturated rings. The Kier molecular flexibility index (Phi) is 4.24. The van der Waals surface area contributed by atoms with Crippen LogP contribution in [0.5, 0.6) is 0 Å². The minimum Gasteiger partial charge on any atom is -0.337 e. The number of rotatable bonds is 2. The number of aromatic nitrogens is 1. The molecule has 134 valence electrons. The molecule has 1 aliphatic carbocycles. The fraction of sp³-hybridized carbons (Fsp3) is 0.500. The molecule has 4 rings (SSSR count). The molecule has 0 radical (unpaired) electrons. The molecule has 2 aromatic rings. The highest BCUT2D eigenvalue weighted by atomic mass is 32.2. The van der Waals surface area contributed by atoms with Crippen molar-refractivity contribution in [2.45, 2.75) is 26.2 Å². The summed E-state index contributed by atoms with van der Waals surface area (Å²) in [4.78, 5) is 16.4. The third-order valence-electron chi connectivity index (χ3n) is 4.99. The minimum absolute atomic E-state index is 0.00736. The molecule has 25 heavy (non-hydrogen) atoms. The van der Waals surface area contributed by atoms with Gasteiger partial charge < -0.3 is 9.47 Å². The van der Waals surface area contributed by atoms with Crippen LogP contribution >= 0.6 is 11.3 Å². The van der Waals surface area contributed by atoms with Crippen LogP contribution in [0.1, 0.15) is 34.1 Å². The van der Waals surface area contributed by atoms with Crippen LogP contribution in [0.3, 0.4) is 0 Å². The Hall–Kier alpha value is -1.60. The zero-order chi connectivity index (χ0) is 17.6. The van der Waals surface area contributed by atoms with Gasteiger partial charge in [0.2, 0.25) is 0 Å². The molecule has 0 N–H and O–H groups in total. The number of fused-ring (bicyclic) bond motifs is 1. The van der Waals surface area contributed by atoms with Crippen LogP contribution in [-0.4, -0.2) is 48.4 Å². The molecule has 0 spiro atoms. The van der Waals surface area contributed by atoms with E-state index in [-0.39, 0.29) is 23.3 Å². The van der Waals surface area contributed by atoms with Crippen LogP contribution in [-0.2, 0) is 22.7 Å². The van der Waals surface area contributed by atoms with Crippen molar-refractivity contribution in [1.82, 2.24) is 9.47 Å². The molecule has 0 aromatic carbocycles. The summed E-state index contributed by atoms with van der Waals surface area (Å²) in [5.41, 5.74) is 1.97. The Bertz CT molecular complexity index is 897. The second-order valence-electron chi connectivity index (χ2n) is 7.10. The van der Waals surface area contributed by atoms with E-state index in [1.54, 1.807) is 16.2 Å². The van der Waals surface area contributed by atoms with Crippen molar-refractivity contribution in [3.63, 3.8) is 0 Å². The van der Waals surface area contributed by atoms with Gasteiger partial charge in [0.15, 0.2) is 9.84 Å². The molecule has 2 aliphatic rings. The van der Waals surface area contributed by atoms with Gasteiger partial charge in [0.25, 0.3) is 5.91 Å². The Morgan fingerprint density at radius 3 is 2.76 bits per heavy atom. The molecule has 0 saturated carbocycles. The topological polar surface area (TPSA) is 59.4 Å². The van der Waals surface area contributed by atoms with Crippen LogP contribution < -0.4 is 0 Å². The van der Waals surface area contributed by atoms with Crippen LogP contribution in [0, 0.1) is 5.92 Å². The molecular formula is C18H22N2O3S2. The van der Waals surface area contributed by atoms with E-state index in [1.807, 2.05) is 36.0 Å². The lowest BCUT2D eigenvalue weighted by Crippen LogP contribution is -2.36. The summed E-state index contributed by atoms with van der Waals surface area (Å²) in [6.45, 7) is 2.71. The maximum Gasteiger partial charge on any atom is 0.257 e. The number of amides is 1. The average molecular weight is 379 g/mol. The fourth-order valence-electron chi connectivity index (χ4n) is 3.89. The van der Waals surface area contributed by atoms with E-state index in [9.17, 15) is 13.2 Å². The number of nitrogens with zero attached hydrogens (tertiary/aromatic N) is 2. The van der Waals surface area contributed by atoms with Gasteiger partial charge in [-0.3, -0.25) is 4.79 Å². The van der Waals surface area contributed by atoms with Crippen LogP contribution in [0.4, 0.5) is 0 Å². The summed E-state index contributed by atoms with van der Waals surface area (Å²) in [6.07, 6.45) is 7.00. The summed E-state index contributed by atoms with van der Waals surface area (Å²) in [5, 5.41) is 0.972. The summed E-state index contributed by atoms with van der Waals surface area (Å²) >= 11 is 1.70. The lowest BCUT2D eigenvalue weighted by molar-refractivity contribution is 0.0751. The first-order valence-electron chi connectivity index (χ1n) is 8.72. The van der Waals surface area contributed by atoms with E-state index in [1.165, 1.54) is 10.4 Å². The zero-order valence-electron chi connectivity index (χ0n) is 14.3. The molecule has 7 heteroatoms. The highest BCUT2D eigenvalue weighted by Crippen LogP contribution is 2.38. The first-order valence-corrected chi connectivity index (χ1v) is 11.4. The van der Waals surface area contributed by atoms with Gasteiger partial charge >= 0.3 is 0 Å². The lowest BCUT2D eigenvalue weighted by atomic mass is 10.1. The van der Waals surface area contributed by atoms with E-state index >= 15 is 0 Å². The maximum atomic E-state index is 13.4. The number of aryl methyl sites for hydroxylation is 1. The van der Waals surface area contributed by atoms with Crippen molar-refractivity contribution in [2.24, 2.45) is 5.92 Å². The average Bonchev–Trinajstić information content (AvgIpc) is 3.23. The van der Waals surface area contributed by atoms with E-state index in [0.29, 0.717) is 13.1 Å². The minimum atomic E-state index is -3.06. The second-order valence-corrected chi connectivity index (χ2v) is 10.4. The number of carbonyl (C=O) groups excluding carboxylic acids is 1. The van der Waals surface area contributed by atoms with Crippen LogP contribution in [0.15, 0.2) is 24.5 Å². The SMILES string of the molecule is CC1CN(C(=O)c2c(-n3cccc3)sc3c2CCC3)CCS(=O)(=O)C1. The van der Waals surface area contributed by atoms with Crippen LogP contribution in [0.2, 0.25) is 0 Å². The largest absolute Gasteiger partial charge is 0.337 e. The normalized spacial score (nSPS) is 22.6. The molecule has 1 aliphatic heterocycles. The number of carbonyl (C=O) groups is 1. The summed E-state index contributed by atoms with van der Waals surface area (Å²) in [7, 11) is -3.06. The molecule has 2 aromatic heterocycles. The molecule has 3 heterocycles. The summed E-state index contributed by atoms with van der Waals surface area (Å²) < 4.78 is 26.1. The van der Waals surface area contributed by atoms with Crippen molar-refractivity contribution in [3.05, 3.63) is 40.5 Å². The van der Waals surface area contributed by atoms with Gasteiger partial charge in [0.05, 0.1) is 17.1 Å². The van der Waals surface area contributed by atoms with Gasteiger partial charge in [-0.25, -0.2) is 8.42 Å². The Balaban J connectivity index is 1.73. The van der Waals surface area contributed by atoms with E-state index in [0.717, 1.165) is 29.8 Å². The first-order chi connectivity index (χ1) is 11.9. The quantitative estimate of drug-likeness (QED) is 0.807. The molecule has 0 bridgehead atoms. The summed E-state index contributed by atoms with van der Waals surface area (Å²) in [5.74, 6) is 0.197. The lowest BCUT2D eigenvalue weighted by Gasteiger charge is -2.23. The van der Waals surface area contributed by atoms with Crippen molar-refractivity contribution in [2.75, 3.05) is 24.6 Å². The van der Waals surface area contributed by atoms with E-state index in [4.69, 9.17) is 0 Å². The molecule has 1 atom stereocenters. The number of hydrogen-bond donors (Lipinski definition) is 0. The van der Waals surface area contributed by atoms with E-state index < -0.39 is 9.84 Å². The van der Waals surface area contributed by atoms with Crippen molar-refractivity contribution in [3.8, 4) is 5.00 Å². The molecule has 1 unspecified atom stereocenters. The highest BCUT2D eigenvalue weighted by Gasteiger charge is 2.33. The van der Waals surface area contributed by atoms with E-state index in [2.05, 4.69) is 0 Å². The molecular weight excluding hydrogens is 356 g/mol. The van der Waals surface area contributed by atoms with Gasteiger partial charge in [0.1, 0.15) is 5.00 Å². The molecule has 5 nitrogen and oxygen atoms in total. The fourth-order valence-corrected chi connectivity index (χ4v) is 6.88. The van der Waals surface area contributed by atoms with Gasteiger partial charge in [-0.05, 0) is 42.9 Å². The standard InChI is InChI=1S/C18H22N2O3S2/c1-13-11-20(9-10-25(22,23)12-13)17(21)16-14-5-4-6-15(14)24-18(16)19-7-2-3-8-19/h2-3,7-8,13H,4-6,9-12H2,1H3. The van der Waals surface area contributed by atoms with Crippen LogP contribution in [0.25, 0.3) is 5.00 Å². The second kappa shape index (κ2) is 6.29. The smallest absolute Gasteiger partial charge is 0.257 e. The number of hydrogen-bond acceptors (Lipinski definition) is 4. The number of sulfone groups is 1. The monoisotopic (exact) mass is 378 g/mol. The third kappa shape index (κ3) is 3.15. The van der Waals surface area contributed by atoms with Crippen molar-refractivity contribution < 1.29 is 13.2 Å². The van der Waals surface area contributed by atoms with Gasteiger partial charge in [-0.2, -0.15) is 0 Å². The molecule has 1 saturated heterocycles. The first kappa shape index (κ1) is 16.8.